The van der Waals surface area contributed by atoms with Gasteiger partial charge in [0, 0.05) is 19.6 Å². The molecule has 3 aromatic rings. The van der Waals surface area contributed by atoms with Crippen molar-refractivity contribution < 1.29 is 23.4 Å². The van der Waals surface area contributed by atoms with Crippen molar-refractivity contribution in [1.82, 2.24) is 16.0 Å². The van der Waals surface area contributed by atoms with Crippen LogP contribution in [0, 0.1) is 11.6 Å². The fourth-order valence-corrected chi connectivity index (χ4v) is 4.86. The van der Waals surface area contributed by atoms with E-state index in [1.165, 1.54) is 23.3 Å². The lowest BCUT2D eigenvalue weighted by atomic mass is 9.98. The number of carbonyl (C=O) groups excluding carboxylic acids is 1. The fourth-order valence-electron chi connectivity index (χ4n) is 4.86. The van der Waals surface area contributed by atoms with E-state index in [1.807, 2.05) is 30.3 Å². The number of aliphatic hydroxyl groups excluding tert-OH is 1. The average Bonchev–Trinajstić information content (AvgIpc) is 3.23. The van der Waals surface area contributed by atoms with Crippen molar-refractivity contribution in [3.05, 3.63) is 94.6 Å². The molecule has 2 aliphatic heterocycles. The Kier molecular flexibility index (Phi) is 7.27. The van der Waals surface area contributed by atoms with Gasteiger partial charge in [-0.1, -0.05) is 48.5 Å². The number of ether oxygens (including phenoxy) is 1. The van der Waals surface area contributed by atoms with E-state index in [2.05, 4.69) is 28.1 Å². The molecule has 0 saturated carbocycles. The second-order valence-corrected chi connectivity index (χ2v) is 9.37. The highest BCUT2D eigenvalue weighted by Crippen LogP contribution is 2.24. The molecule has 6 nitrogen and oxygen atoms in total. The quantitative estimate of drug-likeness (QED) is 0.423. The maximum Gasteiger partial charge on any atom is 0.407 e. The molecule has 1 saturated heterocycles. The Labute approximate surface area is 208 Å². The van der Waals surface area contributed by atoms with Gasteiger partial charge < -0.3 is 25.8 Å². The summed E-state index contributed by atoms with van der Waals surface area (Å²) in [6.07, 6.45) is -0.562. The normalized spacial score (nSPS) is 21.1. The van der Waals surface area contributed by atoms with Crippen LogP contribution in [0.25, 0.3) is 11.1 Å². The molecule has 3 atom stereocenters. The average molecular weight is 494 g/mol. The van der Waals surface area contributed by atoms with Gasteiger partial charge in [-0.3, -0.25) is 0 Å². The lowest BCUT2D eigenvalue weighted by Gasteiger charge is -2.22. The van der Waals surface area contributed by atoms with Crippen LogP contribution in [0.4, 0.5) is 13.6 Å². The minimum Gasteiger partial charge on any atom is -0.442 e. The third-order valence-electron chi connectivity index (χ3n) is 6.86. The van der Waals surface area contributed by atoms with Gasteiger partial charge >= 0.3 is 6.09 Å². The third kappa shape index (κ3) is 5.56. The first-order valence-corrected chi connectivity index (χ1v) is 12.2. The Morgan fingerprint density at radius 1 is 0.972 bits per heavy atom. The summed E-state index contributed by atoms with van der Waals surface area (Å²) in [5.41, 5.74) is 5.91. The summed E-state index contributed by atoms with van der Waals surface area (Å²) < 4.78 is 32.4. The topological polar surface area (TPSA) is 82.6 Å². The van der Waals surface area contributed by atoms with Gasteiger partial charge in [0.25, 0.3) is 0 Å². The van der Waals surface area contributed by atoms with Gasteiger partial charge in [0.2, 0.25) is 0 Å². The summed E-state index contributed by atoms with van der Waals surface area (Å²) in [4.78, 5) is 12.5. The Balaban J connectivity index is 1.17. The first-order chi connectivity index (χ1) is 17.5. The standard InChI is InChI=1S/C28H29F2N3O3/c29-23-8-7-20(13-24(23)30)19-4-1-17(2-5-19)12-25-27(26(34)16-32-25)36-28(35)33-14-18-3-6-22-15-31-10-9-21(22)11-18/h1-8,11,13,25-27,31-32,34H,9-10,12,14-16H2,(H,33,35)/t25-,26+,27+/m1/s1. The molecule has 8 heteroatoms. The first kappa shape index (κ1) is 24.4. The Morgan fingerprint density at radius 2 is 1.75 bits per heavy atom. The molecule has 1 amide bonds. The van der Waals surface area contributed by atoms with E-state index in [9.17, 15) is 18.7 Å². The van der Waals surface area contributed by atoms with Crippen LogP contribution >= 0.6 is 0 Å². The Hall–Kier alpha value is -3.33. The van der Waals surface area contributed by atoms with Crippen LogP contribution < -0.4 is 16.0 Å². The molecule has 2 heterocycles. The zero-order chi connectivity index (χ0) is 25.1. The molecule has 188 valence electrons. The lowest BCUT2D eigenvalue weighted by molar-refractivity contribution is 0.0188. The molecule has 0 unspecified atom stereocenters. The summed E-state index contributed by atoms with van der Waals surface area (Å²) in [7, 11) is 0. The van der Waals surface area contributed by atoms with Crippen LogP contribution in [0.15, 0.2) is 60.7 Å². The van der Waals surface area contributed by atoms with E-state index in [1.54, 1.807) is 0 Å². The number of amides is 1. The van der Waals surface area contributed by atoms with E-state index >= 15 is 0 Å². The predicted octanol–water partition coefficient (Wildman–Crippen LogP) is 3.45. The molecule has 2 aliphatic rings. The van der Waals surface area contributed by atoms with Gasteiger partial charge in [0.1, 0.15) is 12.2 Å². The highest BCUT2D eigenvalue weighted by Gasteiger charge is 2.37. The van der Waals surface area contributed by atoms with Gasteiger partial charge in [0.05, 0.1) is 6.04 Å². The largest absolute Gasteiger partial charge is 0.442 e. The van der Waals surface area contributed by atoms with Crippen molar-refractivity contribution in [3.63, 3.8) is 0 Å². The van der Waals surface area contributed by atoms with Crippen LogP contribution in [-0.4, -0.2) is 42.5 Å². The van der Waals surface area contributed by atoms with Crippen molar-refractivity contribution in [2.45, 2.75) is 44.2 Å². The molecule has 5 rings (SSSR count). The number of hydrogen-bond donors (Lipinski definition) is 4. The van der Waals surface area contributed by atoms with Gasteiger partial charge in [-0.25, -0.2) is 13.6 Å². The van der Waals surface area contributed by atoms with Crippen LogP contribution in [0.5, 0.6) is 0 Å². The molecule has 0 bridgehead atoms. The second kappa shape index (κ2) is 10.7. The van der Waals surface area contributed by atoms with Crippen LogP contribution in [0.1, 0.15) is 22.3 Å². The number of alkyl carbamates (subject to hydrolysis) is 1. The minimum absolute atomic E-state index is 0.254. The number of carbonyl (C=O) groups is 1. The number of nitrogens with one attached hydrogen (secondary N) is 3. The SMILES string of the molecule is O=C(NCc1ccc2c(c1)CCNC2)O[C@@H]1[C@@H](O)CN[C@@H]1Cc1ccc(-c2ccc(F)c(F)c2)cc1. The van der Waals surface area contributed by atoms with Crippen molar-refractivity contribution in [2.75, 3.05) is 13.1 Å². The van der Waals surface area contributed by atoms with E-state index in [-0.39, 0.29) is 6.04 Å². The summed E-state index contributed by atoms with van der Waals surface area (Å²) in [6.45, 7) is 2.50. The lowest BCUT2D eigenvalue weighted by Crippen LogP contribution is -2.41. The number of hydrogen-bond acceptors (Lipinski definition) is 5. The van der Waals surface area contributed by atoms with Crippen LogP contribution in [0.3, 0.4) is 0 Å². The molecule has 0 spiro atoms. The molecule has 1 fully saturated rings. The number of aliphatic hydroxyl groups is 1. The van der Waals surface area contributed by atoms with Gasteiger partial charge in [-0.05, 0) is 64.9 Å². The summed E-state index contributed by atoms with van der Waals surface area (Å²) in [5.74, 6) is -1.76. The summed E-state index contributed by atoms with van der Waals surface area (Å²) >= 11 is 0. The highest BCUT2D eigenvalue weighted by molar-refractivity contribution is 5.67. The molecule has 36 heavy (non-hydrogen) atoms. The highest BCUT2D eigenvalue weighted by atomic mass is 19.2. The minimum atomic E-state index is -0.886. The zero-order valence-electron chi connectivity index (χ0n) is 19.8. The number of benzene rings is 3. The fraction of sp³-hybridized carbons (Fsp3) is 0.321. The van der Waals surface area contributed by atoms with Gasteiger partial charge in [0.15, 0.2) is 11.6 Å². The molecule has 0 aliphatic carbocycles. The Morgan fingerprint density at radius 3 is 2.56 bits per heavy atom. The molecule has 3 aromatic carbocycles. The summed E-state index contributed by atoms with van der Waals surface area (Å²) in [5, 5.41) is 19.8. The van der Waals surface area contributed by atoms with Crippen molar-refractivity contribution in [1.29, 1.82) is 0 Å². The number of fused-ring (bicyclic) bond motifs is 1. The number of β-amino-alcohol motifs (C(OH)–C–C–N with tert-alkyl or cyclic N) is 1. The van der Waals surface area contributed by atoms with E-state index in [4.69, 9.17) is 4.74 Å². The predicted molar refractivity (Wildman–Crippen MR) is 132 cm³/mol. The summed E-state index contributed by atoms with van der Waals surface area (Å²) in [6, 6.07) is 17.2. The molecule has 0 aromatic heterocycles. The smallest absolute Gasteiger partial charge is 0.407 e. The molecule has 0 radical (unpaired) electrons. The van der Waals surface area contributed by atoms with E-state index in [0.29, 0.717) is 25.1 Å². The van der Waals surface area contributed by atoms with Crippen molar-refractivity contribution in [2.24, 2.45) is 0 Å². The maximum atomic E-state index is 13.6. The molecular formula is C28H29F2N3O3. The van der Waals surface area contributed by atoms with E-state index < -0.39 is 29.9 Å². The molecule has 4 N–H and O–H groups in total. The van der Waals surface area contributed by atoms with Gasteiger partial charge in [-0.15, -0.1) is 0 Å². The van der Waals surface area contributed by atoms with Crippen LogP contribution in [-0.2, 0) is 30.7 Å². The number of rotatable bonds is 6. The molecular weight excluding hydrogens is 464 g/mol. The first-order valence-electron chi connectivity index (χ1n) is 12.2. The maximum absolute atomic E-state index is 13.6. The van der Waals surface area contributed by atoms with Crippen molar-refractivity contribution >= 4 is 6.09 Å². The monoisotopic (exact) mass is 493 g/mol. The third-order valence-corrected chi connectivity index (χ3v) is 6.86. The Bertz CT molecular complexity index is 1240. The van der Waals surface area contributed by atoms with E-state index in [0.717, 1.165) is 42.3 Å². The number of halogens is 2. The zero-order valence-corrected chi connectivity index (χ0v) is 19.8. The van der Waals surface area contributed by atoms with Crippen molar-refractivity contribution in [3.8, 4) is 11.1 Å². The van der Waals surface area contributed by atoms with Gasteiger partial charge in [-0.2, -0.15) is 0 Å². The second-order valence-electron chi connectivity index (χ2n) is 9.37. The van der Waals surface area contributed by atoms with Crippen LogP contribution in [0.2, 0.25) is 0 Å².